The molecule has 0 radical (unpaired) electrons. The van der Waals surface area contributed by atoms with E-state index >= 15 is 0 Å². The summed E-state index contributed by atoms with van der Waals surface area (Å²) in [6, 6.07) is 24.5. The first kappa shape index (κ1) is 17.1. The number of carbonyl (C=O) groups excluding carboxylic acids is 1. The predicted octanol–water partition coefficient (Wildman–Crippen LogP) is 4.63. The zero-order valence-corrected chi connectivity index (χ0v) is 17.0. The number of benzene rings is 3. The molecule has 2 heterocycles. The van der Waals surface area contributed by atoms with Gasteiger partial charge in [-0.3, -0.25) is 0 Å². The van der Waals surface area contributed by atoms with Crippen LogP contribution in [0.15, 0.2) is 72.8 Å². The van der Waals surface area contributed by atoms with E-state index in [0.717, 1.165) is 48.2 Å². The summed E-state index contributed by atoms with van der Waals surface area (Å²) in [5.41, 5.74) is 0.926. The van der Waals surface area contributed by atoms with Gasteiger partial charge in [0, 0.05) is 0 Å². The van der Waals surface area contributed by atoms with Crippen molar-refractivity contribution in [1.29, 1.82) is 0 Å². The SMILES string of the molecule is O=C(OC1CCCC1)N1c2cccc3c2[PH]1(c1ccccc1)c1ccccc1O3. The summed E-state index contributed by atoms with van der Waals surface area (Å²) >= 11 is 0. The average molecular weight is 403 g/mol. The first-order valence-electron chi connectivity index (χ1n) is 10.3. The van der Waals surface area contributed by atoms with Gasteiger partial charge in [0.2, 0.25) is 0 Å². The summed E-state index contributed by atoms with van der Waals surface area (Å²) in [5.74, 6) is 1.70. The van der Waals surface area contributed by atoms with Crippen LogP contribution in [0.1, 0.15) is 25.7 Å². The van der Waals surface area contributed by atoms with Crippen molar-refractivity contribution in [2.24, 2.45) is 0 Å². The van der Waals surface area contributed by atoms with E-state index in [0.29, 0.717) is 0 Å². The van der Waals surface area contributed by atoms with Crippen LogP contribution in [0, 0.1) is 0 Å². The fraction of sp³-hybridized carbons (Fsp3) is 0.208. The van der Waals surface area contributed by atoms with Crippen molar-refractivity contribution in [3.05, 3.63) is 72.8 Å². The van der Waals surface area contributed by atoms with E-state index in [-0.39, 0.29) is 12.2 Å². The van der Waals surface area contributed by atoms with Crippen LogP contribution in [0.4, 0.5) is 10.5 Å². The summed E-state index contributed by atoms with van der Waals surface area (Å²) in [6.07, 6.45) is 4.02. The van der Waals surface area contributed by atoms with Crippen LogP contribution in [0.3, 0.4) is 0 Å². The van der Waals surface area contributed by atoms with Crippen molar-refractivity contribution < 1.29 is 14.3 Å². The molecule has 0 aromatic heterocycles. The molecule has 0 saturated heterocycles. The number of hydrogen-bond donors (Lipinski definition) is 0. The van der Waals surface area contributed by atoms with Crippen LogP contribution >= 0.6 is 7.41 Å². The molecule has 0 unspecified atom stereocenters. The number of nitrogens with zero attached hydrogens (tertiary/aromatic N) is 1. The topological polar surface area (TPSA) is 38.8 Å². The Balaban J connectivity index is 1.58. The van der Waals surface area contributed by atoms with E-state index in [4.69, 9.17) is 9.47 Å². The average Bonchev–Trinajstić information content (AvgIpc) is 3.25. The summed E-state index contributed by atoms with van der Waals surface area (Å²) < 4.78 is 14.2. The number of carbonyl (C=O) groups is 1. The van der Waals surface area contributed by atoms with Gasteiger partial charge >= 0.3 is 170 Å². The summed E-state index contributed by atoms with van der Waals surface area (Å²) in [4.78, 5) is 13.5. The molecule has 1 aliphatic carbocycles. The second-order valence-corrected chi connectivity index (χ2v) is 11.4. The van der Waals surface area contributed by atoms with E-state index in [9.17, 15) is 4.79 Å². The van der Waals surface area contributed by atoms with Crippen molar-refractivity contribution in [1.82, 2.24) is 0 Å². The summed E-state index contributed by atoms with van der Waals surface area (Å²) in [6.45, 7) is 0. The van der Waals surface area contributed by atoms with Gasteiger partial charge in [0.05, 0.1) is 0 Å². The number of rotatable bonds is 2. The number of para-hydroxylation sites is 1. The van der Waals surface area contributed by atoms with E-state index in [1.165, 1.54) is 10.6 Å². The van der Waals surface area contributed by atoms with E-state index in [2.05, 4.69) is 30.3 Å². The number of ether oxygens (including phenoxy) is 2. The van der Waals surface area contributed by atoms with Crippen molar-refractivity contribution in [3.63, 3.8) is 0 Å². The first-order chi connectivity index (χ1) is 14.3. The molecule has 1 saturated carbocycles. The van der Waals surface area contributed by atoms with Gasteiger partial charge in [-0.05, 0) is 0 Å². The Labute approximate surface area is 170 Å². The van der Waals surface area contributed by atoms with Gasteiger partial charge in [-0.2, -0.15) is 0 Å². The van der Waals surface area contributed by atoms with Crippen molar-refractivity contribution >= 4 is 35.1 Å². The van der Waals surface area contributed by atoms with E-state index in [1.54, 1.807) is 0 Å². The van der Waals surface area contributed by atoms with Crippen LogP contribution in [-0.2, 0) is 4.74 Å². The standard InChI is InChI=1S/C24H22NO3P/c26-24(27-17-9-4-5-10-17)25-19-13-8-15-21-23(19)29(25,18-11-2-1-3-12-18)22-16-7-6-14-20(22)28-21/h1-3,6-8,11-17,29H,4-5,9-10H2. The van der Waals surface area contributed by atoms with Crippen molar-refractivity contribution in [3.8, 4) is 11.5 Å². The van der Waals surface area contributed by atoms with Crippen LogP contribution < -0.4 is 25.3 Å². The number of amides is 1. The quantitative estimate of drug-likeness (QED) is 0.586. The number of anilines is 1. The minimum atomic E-state index is -2.72. The molecule has 3 aliphatic rings. The number of hydrogen-bond acceptors (Lipinski definition) is 3. The second-order valence-electron chi connectivity index (χ2n) is 7.95. The molecule has 0 atom stereocenters. The Morgan fingerprint density at radius 1 is 0.897 bits per heavy atom. The molecule has 1 fully saturated rings. The molecule has 0 bridgehead atoms. The Hall–Kier alpha value is -2.84. The maximum atomic E-state index is 13.5. The molecule has 3 aromatic carbocycles. The molecule has 29 heavy (non-hydrogen) atoms. The summed E-state index contributed by atoms with van der Waals surface area (Å²) in [5, 5.41) is 3.47. The molecule has 2 aliphatic heterocycles. The third kappa shape index (κ3) is 2.27. The van der Waals surface area contributed by atoms with Gasteiger partial charge in [-0.15, -0.1) is 0 Å². The molecular weight excluding hydrogens is 381 g/mol. The molecular formula is C24H22NO3P. The van der Waals surface area contributed by atoms with Gasteiger partial charge in [-0.1, -0.05) is 0 Å². The minimum absolute atomic E-state index is 0.0339. The van der Waals surface area contributed by atoms with Gasteiger partial charge in [-0.25, -0.2) is 0 Å². The van der Waals surface area contributed by atoms with Gasteiger partial charge in [0.1, 0.15) is 0 Å². The van der Waals surface area contributed by atoms with E-state index in [1.807, 2.05) is 47.1 Å². The third-order valence-corrected chi connectivity index (χ3v) is 11.1. The molecule has 1 amide bonds. The van der Waals surface area contributed by atoms with E-state index < -0.39 is 7.41 Å². The zero-order chi connectivity index (χ0) is 19.4. The van der Waals surface area contributed by atoms with Gasteiger partial charge in [0.25, 0.3) is 0 Å². The van der Waals surface area contributed by atoms with Crippen LogP contribution in [0.5, 0.6) is 11.5 Å². The Morgan fingerprint density at radius 3 is 2.45 bits per heavy atom. The monoisotopic (exact) mass is 403 g/mol. The normalized spacial score (nSPS) is 19.4. The Kier molecular flexibility index (Phi) is 3.72. The van der Waals surface area contributed by atoms with Gasteiger partial charge in [0.15, 0.2) is 0 Å². The predicted molar refractivity (Wildman–Crippen MR) is 118 cm³/mol. The molecule has 0 N–H and O–H groups in total. The zero-order valence-electron chi connectivity index (χ0n) is 16.0. The molecule has 5 heteroatoms. The van der Waals surface area contributed by atoms with Crippen molar-refractivity contribution in [2.75, 3.05) is 4.67 Å². The molecule has 3 aromatic rings. The number of fused-ring (bicyclic) bond motifs is 2. The third-order valence-electron chi connectivity index (χ3n) is 6.38. The fourth-order valence-corrected chi connectivity index (χ4v) is 10.0. The Morgan fingerprint density at radius 2 is 1.62 bits per heavy atom. The van der Waals surface area contributed by atoms with Crippen LogP contribution in [-0.4, -0.2) is 12.2 Å². The van der Waals surface area contributed by atoms with Gasteiger partial charge < -0.3 is 0 Å². The van der Waals surface area contributed by atoms with Crippen LogP contribution in [0.25, 0.3) is 0 Å². The molecule has 0 spiro atoms. The maximum absolute atomic E-state index is 13.5. The Bertz CT molecular complexity index is 1110. The molecule has 146 valence electrons. The second kappa shape index (κ2) is 6.33. The van der Waals surface area contributed by atoms with Crippen molar-refractivity contribution in [2.45, 2.75) is 31.8 Å². The first-order valence-corrected chi connectivity index (χ1v) is 12.2. The fourth-order valence-electron chi connectivity index (χ4n) is 5.17. The molecule has 4 nitrogen and oxygen atoms in total. The summed E-state index contributed by atoms with van der Waals surface area (Å²) in [7, 11) is -2.72. The van der Waals surface area contributed by atoms with Crippen LogP contribution in [0.2, 0.25) is 0 Å². The molecule has 6 rings (SSSR count).